The average Bonchev–Trinajstić information content (AvgIpc) is 2.25. The maximum atomic E-state index is 12.8. The molecule has 0 spiro atoms. The van der Waals surface area contributed by atoms with E-state index in [1.54, 1.807) is 13.1 Å². The van der Waals surface area contributed by atoms with Crippen LogP contribution in [0.5, 0.6) is 0 Å². The normalized spacial score (nSPS) is 11.0. The quantitative estimate of drug-likeness (QED) is 0.762. The number of aromatic nitrogens is 1. The number of amides is 1. The number of anilines is 1. The van der Waals surface area contributed by atoms with E-state index in [2.05, 4.69) is 15.6 Å². The summed E-state index contributed by atoms with van der Waals surface area (Å²) in [5, 5.41) is 5.59. The maximum Gasteiger partial charge on any atom is 0.227 e. The second kappa shape index (κ2) is 4.92. The van der Waals surface area contributed by atoms with Crippen molar-refractivity contribution in [3.8, 4) is 0 Å². The molecule has 16 heavy (non-hydrogen) atoms. The van der Waals surface area contributed by atoms with E-state index in [9.17, 15) is 9.18 Å². The Bertz CT molecular complexity index is 379. The highest BCUT2D eigenvalue weighted by molar-refractivity contribution is 5.82. The molecular formula is C11H16FN3O. The first-order valence-electron chi connectivity index (χ1n) is 5.03. The van der Waals surface area contributed by atoms with Gasteiger partial charge in [-0.05, 0) is 19.9 Å². The van der Waals surface area contributed by atoms with Crippen LogP contribution in [-0.4, -0.2) is 24.5 Å². The fourth-order valence-electron chi connectivity index (χ4n) is 1.25. The molecule has 0 fully saturated rings. The number of carbonyl (C=O) groups excluding carboxylic acids is 1. The molecule has 0 radical (unpaired) electrons. The summed E-state index contributed by atoms with van der Waals surface area (Å²) in [7, 11) is 1.59. The zero-order chi connectivity index (χ0) is 12.2. The van der Waals surface area contributed by atoms with Crippen LogP contribution in [0.4, 0.5) is 10.1 Å². The van der Waals surface area contributed by atoms with E-state index in [0.29, 0.717) is 12.2 Å². The fourth-order valence-corrected chi connectivity index (χ4v) is 1.25. The Labute approximate surface area is 94.3 Å². The van der Waals surface area contributed by atoms with Gasteiger partial charge in [0, 0.05) is 31.5 Å². The Morgan fingerprint density at radius 2 is 2.25 bits per heavy atom. The van der Waals surface area contributed by atoms with Crippen LogP contribution in [0.3, 0.4) is 0 Å². The molecule has 5 heteroatoms. The van der Waals surface area contributed by atoms with Gasteiger partial charge in [-0.25, -0.2) is 4.98 Å². The molecule has 0 aliphatic rings. The summed E-state index contributed by atoms with van der Waals surface area (Å²) in [6.07, 6.45) is 1.38. The average molecular weight is 225 g/mol. The summed E-state index contributed by atoms with van der Waals surface area (Å²) in [6, 6.07) is 2.95. The molecule has 4 nitrogen and oxygen atoms in total. The molecule has 0 atom stereocenters. The van der Waals surface area contributed by atoms with E-state index >= 15 is 0 Å². The largest absolute Gasteiger partial charge is 0.384 e. The predicted molar refractivity (Wildman–Crippen MR) is 60.5 cm³/mol. The third-order valence-electron chi connectivity index (χ3n) is 2.30. The standard InChI is InChI=1S/C11H16FN3O/c1-11(2,10(16)13-3)7-15-8-4-5-14-9(12)6-8/h4-6H,7H2,1-3H3,(H,13,16)(H,14,15). The summed E-state index contributed by atoms with van der Waals surface area (Å²) in [5.74, 6) is -0.600. The van der Waals surface area contributed by atoms with E-state index in [-0.39, 0.29) is 5.91 Å². The van der Waals surface area contributed by atoms with Crippen molar-refractivity contribution in [1.82, 2.24) is 10.3 Å². The van der Waals surface area contributed by atoms with Gasteiger partial charge in [0.1, 0.15) is 0 Å². The molecule has 1 rings (SSSR count). The van der Waals surface area contributed by atoms with Gasteiger partial charge in [-0.2, -0.15) is 4.39 Å². The monoisotopic (exact) mass is 225 g/mol. The predicted octanol–water partition coefficient (Wildman–Crippen LogP) is 1.40. The zero-order valence-corrected chi connectivity index (χ0v) is 9.67. The maximum absolute atomic E-state index is 12.8. The molecule has 0 aliphatic carbocycles. The Morgan fingerprint density at radius 1 is 1.56 bits per heavy atom. The number of hydrogen-bond acceptors (Lipinski definition) is 3. The minimum atomic E-state index is -0.547. The summed E-state index contributed by atoms with van der Waals surface area (Å²) >= 11 is 0. The van der Waals surface area contributed by atoms with Gasteiger partial charge in [0.05, 0.1) is 5.41 Å². The van der Waals surface area contributed by atoms with Crippen molar-refractivity contribution in [2.24, 2.45) is 5.41 Å². The van der Waals surface area contributed by atoms with Crippen LogP contribution in [0.1, 0.15) is 13.8 Å². The van der Waals surface area contributed by atoms with E-state index in [4.69, 9.17) is 0 Å². The van der Waals surface area contributed by atoms with Crippen LogP contribution >= 0.6 is 0 Å². The van der Waals surface area contributed by atoms with E-state index < -0.39 is 11.4 Å². The molecular weight excluding hydrogens is 209 g/mol. The summed E-state index contributed by atoms with van der Waals surface area (Å²) in [6.45, 7) is 4.06. The van der Waals surface area contributed by atoms with Crippen LogP contribution in [-0.2, 0) is 4.79 Å². The minimum Gasteiger partial charge on any atom is -0.384 e. The number of carbonyl (C=O) groups is 1. The van der Waals surface area contributed by atoms with Crippen LogP contribution < -0.4 is 10.6 Å². The van der Waals surface area contributed by atoms with Crippen molar-refractivity contribution in [2.45, 2.75) is 13.8 Å². The molecule has 88 valence electrons. The highest BCUT2D eigenvalue weighted by atomic mass is 19.1. The Morgan fingerprint density at radius 3 is 2.81 bits per heavy atom. The Hall–Kier alpha value is -1.65. The lowest BCUT2D eigenvalue weighted by Crippen LogP contribution is -2.39. The number of halogens is 1. The van der Waals surface area contributed by atoms with Crippen LogP contribution in [0.25, 0.3) is 0 Å². The molecule has 1 aromatic heterocycles. The summed E-state index contributed by atoms with van der Waals surface area (Å²) in [5.41, 5.74) is 0.0681. The molecule has 2 N–H and O–H groups in total. The highest BCUT2D eigenvalue weighted by Crippen LogP contribution is 2.16. The molecule has 0 aromatic carbocycles. The Balaban J connectivity index is 2.61. The molecule has 0 saturated carbocycles. The van der Waals surface area contributed by atoms with Gasteiger partial charge in [-0.3, -0.25) is 4.79 Å². The van der Waals surface area contributed by atoms with E-state index in [0.717, 1.165) is 0 Å². The van der Waals surface area contributed by atoms with Crippen LogP contribution in [0.2, 0.25) is 0 Å². The first-order valence-corrected chi connectivity index (χ1v) is 5.03. The molecule has 0 saturated heterocycles. The lowest BCUT2D eigenvalue weighted by Gasteiger charge is -2.23. The van der Waals surface area contributed by atoms with Gasteiger partial charge in [0.2, 0.25) is 11.9 Å². The van der Waals surface area contributed by atoms with E-state index in [1.807, 2.05) is 13.8 Å². The number of nitrogens with zero attached hydrogens (tertiary/aromatic N) is 1. The first kappa shape index (κ1) is 12.4. The highest BCUT2D eigenvalue weighted by Gasteiger charge is 2.26. The van der Waals surface area contributed by atoms with Crippen LogP contribution in [0.15, 0.2) is 18.3 Å². The zero-order valence-electron chi connectivity index (χ0n) is 9.67. The lowest BCUT2D eigenvalue weighted by molar-refractivity contribution is -0.128. The van der Waals surface area contributed by atoms with Crippen molar-refractivity contribution >= 4 is 11.6 Å². The summed E-state index contributed by atoms with van der Waals surface area (Å²) in [4.78, 5) is 14.9. The van der Waals surface area contributed by atoms with Gasteiger partial charge in [0.15, 0.2) is 0 Å². The van der Waals surface area contributed by atoms with Crippen molar-refractivity contribution < 1.29 is 9.18 Å². The van der Waals surface area contributed by atoms with Crippen molar-refractivity contribution in [3.63, 3.8) is 0 Å². The van der Waals surface area contributed by atoms with Gasteiger partial charge in [-0.1, -0.05) is 0 Å². The van der Waals surface area contributed by atoms with Crippen molar-refractivity contribution in [3.05, 3.63) is 24.3 Å². The number of rotatable bonds is 4. The second-order valence-electron chi connectivity index (χ2n) is 4.18. The molecule has 1 heterocycles. The van der Waals surface area contributed by atoms with Crippen molar-refractivity contribution in [1.29, 1.82) is 0 Å². The number of nitrogens with one attached hydrogen (secondary N) is 2. The van der Waals surface area contributed by atoms with Crippen molar-refractivity contribution in [2.75, 3.05) is 18.9 Å². The SMILES string of the molecule is CNC(=O)C(C)(C)CNc1ccnc(F)c1. The van der Waals surface area contributed by atoms with Crippen LogP contribution in [0, 0.1) is 11.4 Å². The molecule has 0 unspecified atom stereocenters. The van der Waals surface area contributed by atoms with E-state index in [1.165, 1.54) is 12.3 Å². The topological polar surface area (TPSA) is 54.0 Å². The van der Waals surface area contributed by atoms with Gasteiger partial charge >= 0.3 is 0 Å². The first-order chi connectivity index (χ1) is 7.45. The minimum absolute atomic E-state index is 0.0606. The lowest BCUT2D eigenvalue weighted by atomic mass is 9.92. The smallest absolute Gasteiger partial charge is 0.227 e. The third-order valence-corrected chi connectivity index (χ3v) is 2.30. The molecule has 1 aromatic rings. The Kier molecular flexibility index (Phi) is 3.82. The van der Waals surface area contributed by atoms with Gasteiger partial charge in [-0.15, -0.1) is 0 Å². The second-order valence-corrected chi connectivity index (χ2v) is 4.18. The fraction of sp³-hybridized carbons (Fsp3) is 0.455. The molecule has 0 aliphatic heterocycles. The van der Waals surface area contributed by atoms with Gasteiger partial charge in [0.25, 0.3) is 0 Å². The van der Waals surface area contributed by atoms with Gasteiger partial charge < -0.3 is 10.6 Å². The molecule has 0 bridgehead atoms. The summed E-state index contributed by atoms with van der Waals surface area (Å²) < 4.78 is 12.8. The number of hydrogen-bond donors (Lipinski definition) is 2. The molecule has 1 amide bonds. The number of pyridine rings is 1. The third kappa shape index (κ3) is 3.18.